The minimum atomic E-state index is -0.210. The number of rotatable bonds is 7. The molecule has 1 saturated heterocycles. The summed E-state index contributed by atoms with van der Waals surface area (Å²) >= 11 is 0. The number of unbranched alkanes of at least 4 members (excludes halogenated alkanes) is 2. The fraction of sp³-hybridized carbons (Fsp3) is 0.429. The van der Waals surface area contributed by atoms with Gasteiger partial charge in [-0.25, -0.2) is 9.37 Å². The van der Waals surface area contributed by atoms with E-state index in [4.69, 9.17) is 0 Å². The summed E-state index contributed by atoms with van der Waals surface area (Å²) in [6.07, 6.45) is 5.03. The summed E-state index contributed by atoms with van der Waals surface area (Å²) in [6, 6.07) is 10.4. The maximum atomic E-state index is 13.1. The number of hydrogen-bond donors (Lipinski definition) is 1. The molecule has 0 atom stereocenters. The van der Waals surface area contributed by atoms with Crippen molar-refractivity contribution < 1.29 is 9.18 Å². The van der Waals surface area contributed by atoms with Crippen LogP contribution in [0.25, 0.3) is 0 Å². The number of piperazine rings is 1. The van der Waals surface area contributed by atoms with Gasteiger partial charge in [-0.2, -0.15) is 0 Å². The number of benzene rings is 1. The van der Waals surface area contributed by atoms with Crippen molar-refractivity contribution in [2.75, 3.05) is 42.5 Å². The normalized spacial score (nSPS) is 14.3. The van der Waals surface area contributed by atoms with Crippen molar-refractivity contribution in [1.29, 1.82) is 0 Å². The molecule has 144 valence electrons. The van der Waals surface area contributed by atoms with E-state index in [-0.39, 0.29) is 11.7 Å². The minimum absolute atomic E-state index is 0.112. The molecule has 1 aliphatic heterocycles. The standard InChI is InChI=1S/C21H27FN4O/c1-2-3-4-11-23-21(27)20-10-9-19(16-24-20)26-14-12-25(13-15-26)18-7-5-17(22)6-8-18/h5-10,16H,2-4,11-15H2,1H3,(H,23,27). The topological polar surface area (TPSA) is 48.5 Å². The third-order valence-electron chi connectivity index (χ3n) is 4.88. The van der Waals surface area contributed by atoms with Crippen LogP contribution in [0.5, 0.6) is 0 Å². The van der Waals surface area contributed by atoms with E-state index in [0.29, 0.717) is 12.2 Å². The lowest BCUT2D eigenvalue weighted by Crippen LogP contribution is -2.46. The number of aromatic nitrogens is 1. The second-order valence-electron chi connectivity index (χ2n) is 6.82. The van der Waals surface area contributed by atoms with E-state index in [9.17, 15) is 9.18 Å². The smallest absolute Gasteiger partial charge is 0.269 e. The van der Waals surface area contributed by atoms with E-state index >= 15 is 0 Å². The Hall–Kier alpha value is -2.63. The van der Waals surface area contributed by atoms with Gasteiger partial charge in [0.25, 0.3) is 5.91 Å². The maximum Gasteiger partial charge on any atom is 0.269 e. The van der Waals surface area contributed by atoms with Crippen LogP contribution in [0, 0.1) is 5.82 Å². The largest absolute Gasteiger partial charge is 0.368 e. The fourth-order valence-electron chi connectivity index (χ4n) is 3.25. The van der Waals surface area contributed by atoms with Gasteiger partial charge >= 0.3 is 0 Å². The average Bonchev–Trinajstić information content (AvgIpc) is 2.72. The Labute approximate surface area is 160 Å². The highest BCUT2D eigenvalue weighted by Crippen LogP contribution is 2.20. The van der Waals surface area contributed by atoms with Crippen LogP contribution in [0.1, 0.15) is 36.7 Å². The Morgan fingerprint density at radius 3 is 2.22 bits per heavy atom. The number of carbonyl (C=O) groups is 1. The van der Waals surface area contributed by atoms with E-state index in [1.54, 1.807) is 12.3 Å². The van der Waals surface area contributed by atoms with Crippen molar-refractivity contribution in [3.8, 4) is 0 Å². The van der Waals surface area contributed by atoms with Crippen LogP contribution in [0.2, 0.25) is 0 Å². The zero-order chi connectivity index (χ0) is 19.1. The van der Waals surface area contributed by atoms with Crippen molar-refractivity contribution in [3.63, 3.8) is 0 Å². The van der Waals surface area contributed by atoms with Gasteiger partial charge in [0.15, 0.2) is 0 Å². The molecule has 0 saturated carbocycles. The molecule has 1 amide bonds. The Balaban J connectivity index is 1.51. The van der Waals surface area contributed by atoms with Crippen molar-refractivity contribution in [3.05, 3.63) is 54.1 Å². The van der Waals surface area contributed by atoms with Gasteiger partial charge in [-0.05, 0) is 42.8 Å². The molecule has 3 rings (SSSR count). The maximum absolute atomic E-state index is 13.1. The number of nitrogens with zero attached hydrogens (tertiary/aromatic N) is 3. The zero-order valence-electron chi connectivity index (χ0n) is 15.8. The lowest BCUT2D eigenvalue weighted by molar-refractivity contribution is 0.0948. The number of halogens is 1. The quantitative estimate of drug-likeness (QED) is 0.758. The molecule has 0 bridgehead atoms. The van der Waals surface area contributed by atoms with Gasteiger partial charge in [0.05, 0.1) is 11.9 Å². The SMILES string of the molecule is CCCCCNC(=O)c1ccc(N2CCN(c3ccc(F)cc3)CC2)cn1. The summed E-state index contributed by atoms with van der Waals surface area (Å²) in [5.41, 5.74) is 2.53. The lowest BCUT2D eigenvalue weighted by Gasteiger charge is -2.37. The van der Waals surface area contributed by atoms with Gasteiger partial charge in [0.1, 0.15) is 11.5 Å². The molecular weight excluding hydrogens is 343 g/mol. The Morgan fingerprint density at radius 2 is 1.63 bits per heavy atom. The molecule has 5 nitrogen and oxygen atoms in total. The fourth-order valence-corrected chi connectivity index (χ4v) is 3.25. The molecule has 1 N–H and O–H groups in total. The summed E-state index contributed by atoms with van der Waals surface area (Å²) in [4.78, 5) is 20.9. The molecule has 27 heavy (non-hydrogen) atoms. The van der Waals surface area contributed by atoms with Gasteiger partial charge in [-0.3, -0.25) is 4.79 Å². The monoisotopic (exact) mass is 370 g/mol. The summed E-state index contributed by atoms with van der Waals surface area (Å²) in [6.45, 7) is 6.29. The highest BCUT2D eigenvalue weighted by Gasteiger charge is 2.18. The van der Waals surface area contributed by atoms with Crippen molar-refractivity contribution in [2.24, 2.45) is 0 Å². The van der Waals surface area contributed by atoms with Crippen LogP contribution in [0.15, 0.2) is 42.6 Å². The Bertz CT molecular complexity index is 725. The molecule has 1 aromatic heterocycles. The van der Waals surface area contributed by atoms with Gasteiger partial charge < -0.3 is 15.1 Å². The third-order valence-corrected chi connectivity index (χ3v) is 4.88. The highest BCUT2D eigenvalue weighted by atomic mass is 19.1. The van der Waals surface area contributed by atoms with Crippen LogP contribution < -0.4 is 15.1 Å². The Morgan fingerprint density at radius 1 is 1.00 bits per heavy atom. The second-order valence-corrected chi connectivity index (χ2v) is 6.82. The van der Waals surface area contributed by atoms with Crippen LogP contribution in [-0.2, 0) is 0 Å². The highest BCUT2D eigenvalue weighted by molar-refractivity contribution is 5.92. The van der Waals surface area contributed by atoms with Crippen molar-refractivity contribution in [1.82, 2.24) is 10.3 Å². The first-order chi connectivity index (χ1) is 13.2. The first-order valence-electron chi connectivity index (χ1n) is 9.67. The van der Waals surface area contributed by atoms with Gasteiger partial charge in [-0.15, -0.1) is 0 Å². The lowest BCUT2D eigenvalue weighted by atomic mass is 10.2. The van der Waals surface area contributed by atoms with E-state index in [1.165, 1.54) is 12.1 Å². The van der Waals surface area contributed by atoms with E-state index in [1.807, 2.05) is 18.2 Å². The number of amides is 1. The predicted molar refractivity (Wildman–Crippen MR) is 107 cm³/mol. The average molecular weight is 370 g/mol. The molecule has 6 heteroatoms. The zero-order valence-corrected chi connectivity index (χ0v) is 15.8. The molecule has 0 unspecified atom stereocenters. The van der Waals surface area contributed by atoms with E-state index in [0.717, 1.165) is 56.8 Å². The van der Waals surface area contributed by atoms with Crippen LogP contribution in [-0.4, -0.2) is 43.6 Å². The molecular formula is C21H27FN4O. The number of hydrogen-bond acceptors (Lipinski definition) is 4. The van der Waals surface area contributed by atoms with Gasteiger partial charge in [-0.1, -0.05) is 19.8 Å². The first kappa shape index (κ1) is 19.1. The Kier molecular flexibility index (Phi) is 6.63. The molecule has 2 heterocycles. The van der Waals surface area contributed by atoms with Crippen molar-refractivity contribution in [2.45, 2.75) is 26.2 Å². The summed E-state index contributed by atoms with van der Waals surface area (Å²) in [7, 11) is 0. The second kappa shape index (κ2) is 9.35. The number of nitrogens with one attached hydrogen (secondary N) is 1. The van der Waals surface area contributed by atoms with Crippen LogP contribution in [0.4, 0.5) is 15.8 Å². The molecule has 0 radical (unpaired) electrons. The molecule has 2 aromatic rings. The van der Waals surface area contributed by atoms with Gasteiger partial charge in [0, 0.05) is 38.4 Å². The predicted octanol–water partition coefficient (Wildman–Crippen LogP) is 3.47. The summed E-state index contributed by atoms with van der Waals surface area (Å²) < 4.78 is 13.1. The summed E-state index contributed by atoms with van der Waals surface area (Å²) in [5, 5.41) is 2.91. The van der Waals surface area contributed by atoms with Crippen LogP contribution >= 0.6 is 0 Å². The molecule has 0 spiro atoms. The first-order valence-corrected chi connectivity index (χ1v) is 9.67. The van der Waals surface area contributed by atoms with Crippen LogP contribution in [0.3, 0.4) is 0 Å². The molecule has 0 aliphatic carbocycles. The number of anilines is 2. The number of pyridine rings is 1. The molecule has 1 fully saturated rings. The number of carbonyl (C=O) groups excluding carboxylic acids is 1. The van der Waals surface area contributed by atoms with E-state index < -0.39 is 0 Å². The van der Waals surface area contributed by atoms with Gasteiger partial charge in [0.2, 0.25) is 0 Å². The molecule has 1 aliphatic rings. The third kappa shape index (κ3) is 5.18. The minimum Gasteiger partial charge on any atom is -0.368 e. The summed E-state index contributed by atoms with van der Waals surface area (Å²) in [5.74, 6) is -0.322. The van der Waals surface area contributed by atoms with E-state index in [2.05, 4.69) is 27.0 Å². The molecule has 1 aromatic carbocycles. The van der Waals surface area contributed by atoms with Crippen molar-refractivity contribution >= 4 is 17.3 Å².